The topological polar surface area (TPSA) is 83.0 Å². The molecule has 0 aliphatic carbocycles. The first-order valence-electron chi connectivity index (χ1n) is 9.46. The number of carbonyl (C=O) groups is 1. The highest BCUT2D eigenvalue weighted by atomic mass is 16.2. The summed E-state index contributed by atoms with van der Waals surface area (Å²) in [6.07, 6.45) is 5.09. The summed E-state index contributed by atoms with van der Waals surface area (Å²) in [4.78, 5) is 26.5. The number of benzene rings is 1. The molecule has 3 rings (SSSR count). The summed E-state index contributed by atoms with van der Waals surface area (Å²) in [5.74, 6) is 0.744. The average molecular weight is 357 g/mol. The van der Waals surface area contributed by atoms with Crippen molar-refractivity contribution in [1.82, 2.24) is 25.0 Å². The van der Waals surface area contributed by atoms with E-state index in [0.29, 0.717) is 18.9 Å². The molecule has 7 heteroatoms. The molecule has 1 atom stereocenters. The number of unbranched alkanes of at least 4 members (excludes halogenated alkanes) is 2. The first-order valence-corrected chi connectivity index (χ1v) is 9.46. The third kappa shape index (κ3) is 4.15. The number of piperidine rings is 1. The number of urea groups is 1. The number of nitrogens with zero attached hydrogens (tertiary/aromatic N) is 3. The lowest BCUT2D eigenvalue weighted by molar-refractivity contribution is 0.178. The molecule has 0 unspecified atom stereocenters. The van der Waals surface area contributed by atoms with Crippen molar-refractivity contribution in [3.8, 4) is 5.69 Å². The molecule has 7 nitrogen and oxygen atoms in total. The molecule has 1 fully saturated rings. The molecule has 1 aromatic heterocycles. The third-order valence-electron chi connectivity index (χ3n) is 4.84. The molecule has 0 bridgehead atoms. The lowest BCUT2D eigenvalue weighted by Crippen LogP contribution is -2.45. The number of nitrogens with one attached hydrogen (secondary N) is 2. The molecule has 2 heterocycles. The number of aromatic amines is 1. The number of rotatable bonds is 6. The van der Waals surface area contributed by atoms with Crippen molar-refractivity contribution in [2.24, 2.45) is 0 Å². The zero-order chi connectivity index (χ0) is 18.4. The van der Waals surface area contributed by atoms with Crippen molar-refractivity contribution < 1.29 is 4.79 Å². The third-order valence-corrected chi connectivity index (χ3v) is 4.84. The quantitative estimate of drug-likeness (QED) is 0.780. The van der Waals surface area contributed by atoms with E-state index in [0.717, 1.165) is 44.3 Å². The van der Waals surface area contributed by atoms with E-state index in [1.165, 1.54) is 0 Å². The first-order chi connectivity index (χ1) is 12.7. The van der Waals surface area contributed by atoms with Crippen molar-refractivity contribution in [3.05, 3.63) is 46.6 Å². The minimum Gasteiger partial charge on any atom is -0.338 e. The minimum atomic E-state index is -0.243. The highest BCUT2D eigenvalue weighted by Gasteiger charge is 2.28. The Morgan fingerprint density at radius 1 is 1.31 bits per heavy atom. The van der Waals surface area contributed by atoms with E-state index in [1.54, 1.807) is 4.57 Å². The van der Waals surface area contributed by atoms with Gasteiger partial charge >= 0.3 is 11.7 Å². The van der Waals surface area contributed by atoms with Crippen LogP contribution in [-0.2, 0) is 0 Å². The summed E-state index contributed by atoms with van der Waals surface area (Å²) in [6.45, 7) is 4.19. The van der Waals surface area contributed by atoms with Gasteiger partial charge in [-0.3, -0.25) is 0 Å². The summed E-state index contributed by atoms with van der Waals surface area (Å²) in [5.41, 5.74) is 0.551. The van der Waals surface area contributed by atoms with E-state index in [2.05, 4.69) is 22.4 Å². The molecule has 0 spiro atoms. The molecule has 1 aliphatic rings. The van der Waals surface area contributed by atoms with Crippen molar-refractivity contribution in [1.29, 1.82) is 0 Å². The van der Waals surface area contributed by atoms with Gasteiger partial charge in [0.15, 0.2) is 0 Å². The Morgan fingerprint density at radius 2 is 2.12 bits per heavy atom. The molecule has 2 N–H and O–H groups in total. The van der Waals surface area contributed by atoms with E-state index in [1.807, 2.05) is 35.2 Å². The Hall–Kier alpha value is -2.57. The van der Waals surface area contributed by atoms with E-state index in [-0.39, 0.29) is 17.6 Å². The Bertz CT molecular complexity index is 768. The van der Waals surface area contributed by atoms with Crippen LogP contribution in [0.4, 0.5) is 4.79 Å². The van der Waals surface area contributed by atoms with Crippen LogP contribution in [0.25, 0.3) is 5.69 Å². The molecular formula is C19H27N5O2. The number of hydrogen-bond donors (Lipinski definition) is 2. The van der Waals surface area contributed by atoms with Crippen molar-refractivity contribution in [3.63, 3.8) is 0 Å². The molecule has 1 saturated heterocycles. The van der Waals surface area contributed by atoms with Crippen molar-refractivity contribution >= 4 is 6.03 Å². The van der Waals surface area contributed by atoms with Crippen LogP contribution in [0.5, 0.6) is 0 Å². The molecule has 1 aliphatic heterocycles. The van der Waals surface area contributed by atoms with E-state index in [4.69, 9.17) is 0 Å². The normalized spacial score (nSPS) is 17.3. The van der Waals surface area contributed by atoms with Gasteiger partial charge in [-0.25, -0.2) is 19.3 Å². The van der Waals surface area contributed by atoms with Crippen LogP contribution >= 0.6 is 0 Å². The lowest BCUT2D eigenvalue weighted by Gasteiger charge is -2.32. The molecule has 2 amide bonds. The van der Waals surface area contributed by atoms with Crippen LogP contribution in [-0.4, -0.2) is 45.3 Å². The zero-order valence-electron chi connectivity index (χ0n) is 15.3. The zero-order valence-corrected chi connectivity index (χ0v) is 15.3. The average Bonchev–Trinajstić information content (AvgIpc) is 3.07. The van der Waals surface area contributed by atoms with Gasteiger partial charge in [0, 0.05) is 25.6 Å². The van der Waals surface area contributed by atoms with Gasteiger partial charge in [-0.15, -0.1) is 0 Å². The van der Waals surface area contributed by atoms with Gasteiger partial charge in [-0.05, 0) is 31.4 Å². The molecular weight excluding hydrogens is 330 g/mol. The van der Waals surface area contributed by atoms with Gasteiger partial charge in [0.25, 0.3) is 0 Å². The van der Waals surface area contributed by atoms with Gasteiger partial charge in [0.2, 0.25) is 0 Å². The molecule has 1 aromatic carbocycles. The Kier molecular flexibility index (Phi) is 6.09. The predicted octanol–water partition coefficient (Wildman–Crippen LogP) is 2.64. The van der Waals surface area contributed by atoms with E-state index >= 15 is 0 Å². The van der Waals surface area contributed by atoms with Crippen LogP contribution in [0.1, 0.15) is 50.8 Å². The number of H-pyrrole nitrogens is 1. The van der Waals surface area contributed by atoms with Gasteiger partial charge in [-0.2, -0.15) is 5.10 Å². The van der Waals surface area contributed by atoms with Crippen LogP contribution in [0.2, 0.25) is 0 Å². The largest absolute Gasteiger partial charge is 0.347 e. The predicted molar refractivity (Wildman–Crippen MR) is 101 cm³/mol. The second-order valence-electron chi connectivity index (χ2n) is 6.78. The van der Waals surface area contributed by atoms with Gasteiger partial charge in [-0.1, -0.05) is 38.0 Å². The first kappa shape index (κ1) is 18.2. The maximum Gasteiger partial charge on any atom is 0.347 e. The van der Waals surface area contributed by atoms with E-state index < -0.39 is 0 Å². The Morgan fingerprint density at radius 3 is 2.88 bits per heavy atom. The van der Waals surface area contributed by atoms with Gasteiger partial charge in [0.05, 0.1) is 5.69 Å². The number of carbonyl (C=O) groups excluding carboxylic acids is 1. The summed E-state index contributed by atoms with van der Waals surface area (Å²) in [5, 5.41) is 9.83. The standard InChI is InChI=1S/C19H27N5O2/c1-2-3-7-12-20-18(25)23-13-8-9-15(14-23)17-21-22-19(26)24(17)16-10-5-4-6-11-16/h4-6,10-11,15H,2-3,7-9,12-14H2,1H3,(H,20,25)(H,22,26)/t15-/m1/s1. The molecule has 0 radical (unpaired) electrons. The number of hydrogen-bond acceptors (Lipinski definition) is 3. The minimum absolute atomic E-state index is 0.0186. The van der Waals surface area contributed by atoms with Crippen LogP contribution in [0, 0.1) is 0 Å². The molecule has 140 valence electrons. The molecule has 2 aromatic rings. The fourth-order valence-electron chi connectivity index (χ4n) is 3.46. The lowest BCUT2D eigenvalue weighted by atomic mass is 9.97. The van der Waals surface area contributed by atoms with Crippen LogP contribution < -0.4 is 11.0 Å². The maximum atomic E-state index is 12.4. The highest BCUT2D eigenvalue weighted by Crippen LogP contribution is 2.26. The summed E-state index contributed by atoms with van der Waals surface area (Å²) in [6, 6.07) is 9.47. The smallest absolute Gasteiger partial charge is 0.338 e. The Balaban J connectivity index is 1.71. The highest BCUT2D eigenvalue weighted by molar-refractivity contribution is 5.74. The summed E-state index contributed by atoms with van der Waals surface area (Å²) in [7, 11) is 0. The summed E-state index contributed by atoms with van der Waals surface area (Å²) >= 11 is 0. The van der Waals surface area contributed by atoms with Crippen molar-refractivity contribution in [2.45, 2.75) is 44.9 Å². The fourth-order valence-corrected chi connectivity index (χ4v) is 3.46. The van der Waals surface area contributed by atoms with Crippen LogP contribution in [0.3, 0.4) is 0 Å². The van der Waals surface area contributed by atoms with E-state index in [9.17, 15) is 9.59 Å². The van der Waals surface area contributed by atoms with Crippen molar-refractivity contribution in [2.75, 3.05) is 19.6 Å². The van der Waals surface area contributed by atoms with Crippen LogP contribution in [0.15, 0.2) is 35.1 Å². The van der Waals surface area contributed by atoms with Gasteiger partial charge in [0.1, 0.15) is 5.82 Å². The Labute approximate surface area is 153 Å². The number of para-hydroxylation sites is 1. The van der Waals surface area contributed by atoms with Gasteiger partial charge < -0.3 is 10.2 Å². The second-order valence-corrected chi connectivity index (χ2v) is 6.78. The summed E-state index contributed by atoms with van der Waals surface area (Å²) < 4.78 is 1.62. The second kappa shape index (κ2) is 8.69. The SMILES string of the molecule is CCCCCNC(=O)N1CCC[C@@H](c2n[nH]c(=O)n2-c2ccccc2)C1. The molecule has 26 heavy (non-hydrogen) atoms. The number of aromatic nitrogens is 3. The maximum absolute atomic E-state index is 12.4. The number of likely N-dealkylation sites (tertiary alicyclic amines) is 1. The number of amides is 2. The fraction of sp³-hybridized carbons (Fsp3) is 0.526. The monoisotopic (exact) mass is 357 g/mol. The molecule has 0 saturated carbocycles.